The lowest BCUT2D eigenvalue weighted by molar-refractivity contribution is -0.120. The molecular formula is C10H22N2O. The van der Waals surface area contributed by atoms with E-state index in [1.165, 1.54) is 0 Å². The predicted octanol–water partition coefficient (Wildman–Crippen LogP) is 1.15. The zero-order valence-electron chi connectivity index (χ0n) is 9.24. The van der Waals surface area contributed by atoms with Gasteiger partial charge in [0.1, 0.15) is 0 Å². The van der Waals surface area contributed by atoms with Gasteiger partial charge in [-0.25, -0.2) is 0 Å². The van der Waals surface area contributed by atoms with E-state index in [4.69, 9.17) is 0 Å². The lowest BCUT2D eigenvalue weighted by Crippen LogP contribution is -2.33. The fraction of sp³-hybridized carbons (Fsp3) is 0.900. The van der Waals surface area contributed by atoms with Crippen LogP contribution < -0.4 is 10.6 Å². The monoisotopic (exact) mass is 186 g/mol. The molecule has 0 rings (SSSR count). The number of likely N-dealkylation sites (N-methyl/N-ethyl adjacent to an activating group) is 1. The summed E-state index contributed by atoms with van der Waals surface area (Å²) in [6.45, 7) is 7.83. The summed E-state index contributed by atoms with van der Waals surface area (Å²) >= 11 is 0. The zero-order chi connectivity index (χ0) is 10.3. The number of carbonyl (C=O) groups is 1. The molecule has 0 aliphatic carbocycles. The molecule has 0 aromatic heterocycles. The molecule has 0 spiro atoms. The predicted molar refractivity (Wildman–Crippen MR) is 55.6 cm³/mol. The summed E-state index contributed by atoms with van der Waals surface area (Å²) in [5.74, 6) is 0.0800. The highest BCUT2D eigenvalue weighted by Gasteiger charge is 2.09. The number of rotatable bonds is 5. The summed E-state index contributed by atoms with van der Waals surface area (Å²) in [6, 6.07) is 0. The summed E-state index contributed by atoms with van der Waals surface area (Å²) in [5, 5.41) is 5.67. The Morgan fingerprint density at radius 3 is 2.38 bits per heavy atom. The largest absolute Gasteiger partial charge is 0.355 e. The van der Waals surface area contributed by atoms with Gasteiger partial charge in [-0.05, 0) is 25.3 Å². The second-order valence-corrected chi connectivity index (χ2v) is 4.54. The minimum atomic E-state index is 0.0800. The molecule has 0 saturated heterocycles. The van der Waals surface area contributed by atoms with Crippen LogP contribution in [0.3, 0.4) is 0 Å². The van der Waals surface area contributed by atoms with Crippen molar-refractivity contribution in [2.24, 2.45) is 5.41 Å². The third-order valence-corrected chi connectivity index (χ3v) is 1.76. The van der Waals surface area contributed by atoms with Crippen LogP contribution in [-0.2, 0) is 4.79 Å². The molecule has 78 valence electrons. The number of carbonyl (C=O) groups excluding carboxylic acids is 1. The molecular weight excluding hydrogens is 164 g/mol. The first-order valence-corrected chi connectivity index (χ1v) is 4.87. The van der Waals surface area contributed by atoms with Crippen LogP contribution in [0, 0.1) is 5.41 Å². The standard InChI is InChI=1S/C10H22N2O/c1-10(2,3)6-5-7-12-9(13)8-11-4/h11H,5-8H2,1-4H3,(H,12,13). The molecule has 0 bridgehead atoms. The average molecular weight is 186 g/mol. The summed E-state index contributed by atoms with van der Waals surface area (Å²) in [6.07, 6.45) is 2.20. The van der Waals surface area contributed by atoms with Crippen LogP contribution in [0.15, 0.2) is 0 Å². The van der Waals surface area contributed by atoms with Gasteiger partial charge < -0.3 is 10.6 Å². The van der Waals surface area contributed by atoms with Crippen LogP contribution >= 0.6 is 0 Å². The van der Waals surface area contributed by atoms with Crippen molar-refractivity contribution in [1.29, 1.82) is 0 Å². The summed E-state index contributed by atoms with van der Waals surface area (Å²) in [7, 11) is 1.77. The Kier molecular flexibility index (Phi) is 5.71. The van der Waals surface area contributed by atoms with Crippen molar-refractivity contribution < 1.29 is 4.79 Å². The van der Waals surface area contributed by atoms with Crippen LogP contribution in [0.2, 0.25) is 0 Å². The van der Waals surface area contributed by atoms with Crippen LogP contribution in [0.25, 0.3) is 0 Å². The molecule has 0 heterocycles. The maximum absolute atomic E-state index is 11.0. The summed E-state index contributed by atoms with van der Waals surface area (Å²) < 4.78 is 0. The van der Waals surface area contributed by atoms with E-state index >= 15 is 0 Å². The van der Waals surface area contributed by atoms with E-state index in [0.717, 1.165) is 19.4 Å². The SMILES string of the molecule is CNCC(=O)NCCCC(C)(C)C. The highest BCUT2D eigenvalue weighted by Crippen LogP contribution is 2.19. The first-order chi connectivity index (χ1) is 5.95. The van der Waals surface area contributed by atoms with E-state index in [1.54, 1.807) is 7.05 Å². The molecule has 0 fully saturated rings. The maximum Gasteiger partial charge on any atom is 0.233 e. The van der Waals surface area contributed by atoms with Crippen LogP contribution in [0.1, 0.15) is 33.6 Å². The molecule has 0 aromatic rings. The van der Waals surface area contributed by atoms with Crippen molar-refractivity contribution in [2.45, 2.75) is 33.6 Å². The molecule has 3 nitrogen and oxygen atoms in total. The van der Waals surface area contributed by atoms with Gasteiger partial charge >= 0.3 is 0 Å². The van der Waals surface area contributed by atoms with E-state index < -0.39 is 0 Å². The lowest BCUT2D eigenvalue weighted by Gasteiger charge is -2.17. The summed E-state index contributed by atoms with van der Waals surface area (Å²) in [5.41, 5.74) is 0.369. The smallest absolute Gasteiger partial charge is 0.233 e. The molecule has 0 atom stereocenters. The van der Waals surface area contributed by atoms with Crippen molar-refractivity contribution in [3.05, 3.63) is 0 Å². The molecule has 0 aromatic carbocycles. The minimum Gasteiger partial charge on any atom is -0.355 e. The highest BCUT2D eigenvalue weighted by molar-refractivity contribution is 5.77. The van der Waals surface area contributed by atoms with Gasteiger partial charge in [-0.15, -0.1) is 0 Å². The zero-order valence-corrected chi connectivity index (χ0v) is 9.24. The third kappa shape index (κ3) is 9.34. The average Bonchev–Trinajstić information content (AvgIpc) is 1.97. The Labute approximate surface area is 81.3 Å². The van der Waals surface area contributed by atoms with Crippen LogP contribution in [0.4, 0.5) is 0 Å². The second-order valence-electron chi connectivity index (χ2n) is 4.54. The van der Waals surface area contributed by atoms with Gasteiger partial charge in [0.05, 0.1) is 6.54 Å². The fourth-order valence-electron chi connectivity index (χ4n) is 1.07. The highest BCUT2D eigenvalue weighted by atomic mass is 16.1. The molecule has 3 heteroatoms. The number of hydrogen-bond donors (Lipinski definition) is 2. The van der Waals surface area contributed by atoms with Gasteiger partial charge in [0, 0.05) is 6.54 Å². The quantitative estimate of drug-likeness (QED) is 0.632. The third-order valence-electron chi connectivity index (χ3n) is 1.76. The van der Waals surface area contributed by atoms with Crippen molar-refractivity contribution >= 4 is 5.91 Å². The Balaban J connectivity index is 3.31. The number of amides is 1. The topological polar surface area (TPSA) is 41.1 Å². The van der Waals surface area contributed by atoms with Crippen molar-refractivity contribution in [1.82, 2.24) is 10.6 Å². The van der Waals surface area contributed by atoms with E-state index in [-0.39, 0.29) is 5.91 Å². The van der Waals surface area contributed by atoms with E-state index in [9.17, 15) is 4.79 Å². The fourth-order valence-corrected chi connectivity index (χ4v) is 1.07. The van der Waals surface area contributed by atoms with E-state index in [1.807, 2.05) is 0 Å². The van der Waals surface area contributed by atoms with Gasteiger partial charge in [-0.2, -0.15) is 0 Å². The molecule has 0 aliphatic heterocycles. The van der Waals surface area contributed by atoms with E-state index in [2.05, 4.69) is 31.4 Å². The van der Waals surface area contributed by atoms with Crippen LogP contribution in [-0.4, -0.2) is 26.0 Å². The Morgan fingerprint density at radius 1 is 1.31 bits per heavy atom. The normalized spacial score (nSPS) is 11.4. The lowest BCUT2D eigenvalue weighted by atomic mass is 9.91. The first-order valence-electron chi connectivity index (χ1n) is 4.87. The molecule has 1 amide bonds. The molecule has 0 unspecified atom stereocenters. The molecule has 0 saturated carbocycles. The maximum atomic E-state index is 11.0. The first kappa shape index (κ1) is 12.4. The van der Waals surface area contributed by atoms with Gasteiger partial charge in [0.2, 0.25) is 5.91 Å². The summed E-state index contributed by atoms with van der Waals surface area (Å²) in [4.78, 5) is 11.0. The van der Waals surface area contributed by atoms with Crippen LogP contribution in [0.5, 0.6) is 0 Å². The second kappa shape index (κ2) is 5.97. The molecule has 13 heavy (non-hydrogen) atoms. The van der Waals surface area contributed by atoms with Gasteiger partial charge in [-0.1, -0.05) is 20.8 Å². The Hall–Kier alpha value is -0.570. The van der Waals surface area contributed by atoms with Crippen molar-refractivity contribution in [3.63, 3.8) is 0 Å². The van der Waals surface area contributed by atoms with Crippen molar-refractivity contribution in [2.75, 3.05) is 20.1 Å². The number of hydrogen-bond acceptors (Lipinski definition) is 2. The molecule has 2 N–H and O–H groups in total. The van der Waals surface area contributed by atoms with Gasteiger partial charge in [0.15, 0.2) is 0 Å². The Morgan fingerprint density at radius 2 is 1.92 bits per heavy atom. The van der Waals surface area contributed by atoms with E-state index in [0.29, 0.717) is 12.0 Å². The Bertz CT molecular complexity index is 149. The molecule has 0 radical (unpaired) electrons. The van der Waals surface area contributed by atoms with Crippen molar-refractivity contribution in [3.8, 4) is 0 Å². The van der Waals surface area contributed by atoms with Gasteiger partial charge in [-0.3, -0.25) is 4.79 Å². The van der Waals surface area contributed by atoms with Gasteiger partial charge in [0.25, 0.3) is 0 Å². The minimum absolute atomic E-state index is 0.0800. The number of nitrogens with one attached hydrogen (secondary N) is 2. The molecule has 0 aliphatic rings.